The van der Waals surface area contributed by atoms with Crippen LogP contribution in [0.3, 0.4) is 0 Å². The van der Waals surface area contributed by atoms with Crippen LogP contribution in [0.2, 0.25) is 0 Å². The molecular weight excluding hydrogens is 202 g/mol. The van der Waals surface area contributed by atoms with Crippen molar-refractivity contribution in [1.82, 2.24) is 5.32 Å². The van der Waals surface area contributed by atoms with Crippen LogP contribution in [-0.2, 0) is 9.47 Å². The highest BCUT2D eigenvalue weighted by atomic mass is 16.5. The van der Waals surface area contributed by atoms with Gasteiger partial charge >= 0.3 is 0 Å². The molecule has 3 nitrogen and oxygen atoms in total. The molecule has 1 aliphatic carbocycles. The minimum Gasteiger partial charge on any atom is -0.382 e. The fraction of sp³-hybridized carbons (Fsp3) is 1.00. The third kappa shape index (κ3) is 5.28. The smallest absolute Gasteiger partial charge is 0.0928 e. The van der Waals surface area contributed by atoms with Gasteiger partial charge in [-0.05, 0) is 31.2 Å². The highest BCUT2D eigenvalue weighted by molar-refractivity contribution is 4.72. The largest absolute Gasteiger partial charge is 0.382 e. The molecule has 0 aliphatic heterocycles. The van der Waals surface area contributed by atoms with Crippen molar-refractivity contribution >= 4 is 0 Å². The first-order valence-electron chi connectivity index (χ1n) is 6.48. The first kappa shape index (κ1) is 13.9. The van der Waals surface area contributed by atoms with E-state index in [0.29, 0.717) is 6.61 Å². The minimum absolute atomic E-state index is 0.188. The van der Waals surface area contributed by atoms with Gasteiger partial charge in [-0.1, -0.05) is 19.8 Å². The Bertz CT molecular complexity index is 167. The Hall–Kier alpha value is -0.120. The summed E-state index contributed by atoms with van der Waals surface area (Å²) in [4.78, 5) is 0. The van der Waals surface area contributed by atoms with Gasteiger partial charge in [0.1, 0.15) is 0 Å². The Morgan fingerprint density at radius 2 is 1.88 bits per heavy atom. The first-order chi connectivity index (χ1) is 7.76. The molecule has 0 aromatic heterocycles. The van der Waals surface area contributed by atoms with Crippen molar-refractivity contribution in [1.29, 1.82) is 0 Å². The molecule has 0 heterocycles. The van der Waals surface area contributed by atoms with Crippen LogP contribution >= 0.6 is 0 Å². The average molecular weight is 229 g/mol. The zero-order valence-corrected chi connectivity index (χ0v) is 11.0. The molecule has 1 rings (SSSR count). The van der Waals surface area contributed by atoms with Crippen molar-refractivity contribution in [2.24, 2.45) is 11.8 Å². The van der Waals surface area contributed by atoms with Crippen molar-refractivity contribution < 1.29 is 9.47 Å². The Morgan fingerprint density at radius 1 is 1.19 bits per heavy atom. The van der Waals surface area contributed by atoms with Crippen LogP contribution in [0.5, 0.6) is 0 Å². The van der Waals surface area contributed by atoms with Crippen molar-refractivity contribution in [2.45, 2.75) is 38.7 Å². The normalized spacial score (nSPS) is 27.9. The lowest BCUT2D eigenvalue weighted by atomic mass is 9.83. The molecule has 0 saturated heterocycles. The fourth-order valence-electron chi connectivity index (χ4n) is 2.38. The molecule has 1 atom stereocenters. The minimum atomic E-state index is 0.188. The van der Waals surface area contributed by atoms with Gasteiger partial charge in [-0.3, -0.25) is 0 Å². The van der Waals surface area contributed by atoms with E-state index in [4.69, 9.17) is 9.47 Å². The van der Waals surface area contributed by atoms with Crippen molar-refractivity contribution in [3.05, 3.63) is 0 Å². The van der Waals surface area contributed by atoms with E-state index in [1.54, 1.807) is 14.2 Å². The molecule has 1 unspecified atom stereocenters. The molecule has 0 aromatic carbocycles. The molecule has 0 aromatic rings. The number of hydrogen-bond acceptors (Lipinski definition) is 3. The molecule has 16 heavy (non-hydrogen) atoms. The second-order valence-corrected chi connectivity index (χ2v) is 5.10. The first-order valence-corrected chi connectivity index (χ1v) is 6.48. The number of methoxy groups -OCH3 is 2. The Labute approximate surface area is 99.9 Å². The molecule has 3 heteroatoms. The SMILES string of the molecule is COCC(CNCC1CCC(C)CC1)OC. The summed E-state index contributed by atoms with van der Waals surface area (Å²) in [6, 6.07) is 0. The van der Waals surface area contributed by atoms with Gasteiger partial charge in [0.2, 0.25) is 0 Å². The molecular formula is C13H27NO2. The van der Waals surface area contributed by atoms with Gasteiger partial charge in [-0.2, -0.15) is 0 Å². The standard InChI is InChI=1S/C13H27NO2/c1-11-4-6-12(7-5-11)8-14-9-13(16-3)10-15-2/h11-14H,4-10H2,1-3H3. The topological polar surface area (TPSA) is 30.5 Å². The highest BCUT2D eigenvalue weighted by Crippen LogP contribution is 2.27. The highest BCUT2D eigenvalue weighted by Gasteiger charge is 2.18. The van der Waals surface area contributed by atoms with Crippen LogP contribution in [0, 0.1) is 11.8 Å². The maximum absolute atomic E-state index is 5.31. The number of ether oxygens (including phenoxy) is 2. The summed E-state index contributed by atoms with van der Waals surface area (Å²) in [7, 11) is 3.46. The Kier molecular flexibility index (Phi) is 7.01. The summed E-state index contributed by atoms with van der Waals surface area (Å²) in [6.45, 7) is 5.07. The second kappa shape index (κ2) is 8.04. The van der Waals surface area contributed by atoms with Gasteiger partial charge in [0.15, 0.2) is 0 Å². The van der Waals surface area contributed by atoms with E-state index in [-0.39, 0.29) is 6.10 Å². The lowest BCUT2D eigenvalue weighted by molar-refractivity contribution is 0.0282. The number of nitrogens with one attached hydrogen (secondary N) is 1. The van der Waals surface area contributed by atoms with Gasteiger partial charge in [0.25, 0.3) is 0 Å². The summed E-state index contributed by atoms with van der Waals surface area (Å²) in [6.07, 6.45) is 5.76. The molecule has 0 radical (unpaired) electrons. The quantitative estimate of drug-likeness (QED) is 0.725. The average Bonchev–Trinajstić information content (AvgIpc) is 2.30. The lowest BCUT2D eigenvalue weighted by Gasteiger charge is -2.27. The molecule has 0 amide bonds. The third-order valence-corrected chi connectivity index (χ3v) is 3.63. The van der Waals surface area contributed by atoms with E-state index in [1.807, 2.05) is 0 Å². The maximum atomic E-state index is 5.31. The van der Waals surface area contributed by atoms with Crippen LogP contribution in [0.4, 0.5) is 0 Å². The monoisotopic (exact) mass is 229 g/mol. The van der Waals surface area contributed by atoms with Gasteiger partial charge in [-0.15, -0.1) is 0 Å². The number of hydrogen-bond donors (Lipinski definition) is 1. The summed E-state index contributed by atoms with van der Waals surface area (Å²) in [5.41, 5.74) is 0. The van der Waals surface area contributed by atoms with E-state index in [1.165, 1.54) is 25.7 Å². The van der Waals surface area contributed by atoms with Crippen LogP contribution in [0.1, 0.15) is 32.6 Å². The zero-order valence-electron chi connectivity index (χ0n) is 11.0. The lowest BCUT2D eigenvalue weighted by Crippen LogP contribution is -2.35. The van der Waals surface area contributed by atoms with E-state index >= 15 is 0 Å². The van der Waals surface area contributed by atoms with Gasteiger partial charge in [-0.25, -0.2) is 0 Å². The van der Waals surface area contributed by atoms with Crippen LogP contribution in [0.25, 0.3) is 0 Å². The van der Waals surface area contributed by atoms with Crippen LogP contribution < -0.4 is 5.32 Å². The fourth-order valence-corrected chi connectivity index (χ4v) is 2.38. The second-order valence-electron chi connectivity index (χ2n) is 5.10. The molecule has 1 aliphatic rings. The van der Waals surface area contributed by atoms with Crippen molar-refractivity contribution in [2.75, 3.05) is 33.9 Å². The molecule has 1 saturated carbocycles. The summed E-state index contributed by atoms with van der Waals surface area (Å²) in [5.74, 6) is 1.81. The zero-order chi connectivity index (χ0) is 11.8. The predicted molar refractivity (Wildman–Crippen MR) is 66.7 cm³/mol. The maximum Gasteiger partial charge on any atom is 0.0928 e. The summed E-state index contributed by atoms with van der Waals surface area (Å²) in [5, 5.41) is 3.50. The number of rotatable bonds is 7. The van der Waals surface area contributed by atoms with E-state index in [9.17, 15) is 0 Å². The molecule has 1 N–H and O–H groups in total. The van der Waals surface area contributed by atoms with Crippen LogP contribution in [0.15, 0.2) is 0 Å². The third-order valence-electron chi connectivity index (χ3n) is 3.63. The van der Waals surface area contributed by atoms with Gasteiger partial charge in [0, 0.05) is 20.8 Å². The van der Waals surface area contributed by atoms with Crippen LogP contribution in [-0.4, -0.2) is 40.0 Å². The molecule has 1 fully saturated rings. The van der Waals surface area contributed by atoms with Crippen molar-refractivity contribution in [3.8, 4) is 0 Å². The molecule has 96 valence electrons. The van der Waals surface area contributed by atoms with Gasteiger partial charge < -0.3 is 14.8 Å². The molecule has 0 bridgehead atoms. The van der Waals surface area contributed by atoms with E-state index < -0.39 is 0 Å². The van der Waals surface area contributed by atoms with Crippen molar-refractivity contribution in [3.63, 3.8) is 0 Å². The summed E-state index contributed by atoms with van der Waals surface area (Å²) >= 11 is 0. The van der Waals surface area contributed by atoms with Gasteiger partial charge in [0.05, 0.1) is 12.7 Å². The predicted octanol–water partition coefficient (Wildman–Crippen LogP) is 2.06. The van der Waals surface area contributed by atoms with E-state index in [0.717, 1.165) is 24.9 Å². The van der Waals surface area contributed by atoms with E-state index in [2.05, 4.69) is 12.2 Å². The summed E-state index contributed by atoms with van der Waals surface area (Å²) < 4.78 is 10.4. The Morgan fingerprint density at radius 3 is 2.44 bits per heavy atom. The Balaban J connectivity index is 2.05. The molecule has 0 spiro atoms.